The van der Waals surface area contributed by atoms with E-state index < -0.39 is 10.9 Å². The van der Waals surface area contributed by atoms with Gasteiger partial charge in [-0.1, -0.05) is 28.9 Å². The molecule has 2 N–H and O–H groups in total. The lowest BCUT2D eigenvalue weighted by molar-refractivity contribution is -0.384. The third-order valence-electron chi connectivity index (χ3n) is 3.16. The Bertz CT molecular complexity index is 821. The molecule has 2 aromatic carbocycles. The monoisotopic (exact) mass is 363 g/mol. The van der Waals surface area contributed by atoms with E-state index in [0.29, 0.717) is 16.3 Å². The SMILES string of the molecule is COc1ccc(Cl)cc1C(=O)ON=C(N)Cc1ccc([N+](=O)[O-])cc1. The minimum atomic E-state index is -0.772. The zero-order valence-corrected chi connectivity index (χ0v) is 13.9. The van der Waals surface area contributed by atoms with Crippen molar-refractivity contribution in [2.45, 2.75) is 6.42 Å². The second kappa shape index (κ2) is 8.11. The van der Waals surface area contributed by atoms with E-state index >= 15 is 0 Å². The maximum Gasteiger partial charge on any atom is 0.369 e. The van der Waals surface area contributed by atoms with Crippen LogP contribution in [0.4, 0.5) is 5.69 Å². The molecule has 0 aliphatic heterocycles. The van der Waals surface area contributed by atoms with E-state index in [-0.39, 0.29) is 23.5 Å². The Labute approximate surface area is 147 Å². The van der Waals surface area contributed by atoms with Crippen LogP contribution in [0.3, 0.4) is 0 Å². The fourth-order valence-electron chi connectivity index (χ4n) is 1.97. The number of carbonyl (C=O) groups is 1. The number of oxime groups is 1. The number of benzene rings is 2. The van der Waals surface area contributed by atoms with E-state index in [0.717, 1.165) is 0 Å². The molecule has 130 valence electrons. The Hall–Kier alpha value is -3.13. The smallest absolute Gasteiger partial charge is 0.369 e. The summed E-state index contributed by atoms with van der Waals surface area (Å²) >= 11 is 5.85. The number of nitro benzene ring substituents is 1. The maximum absolute atomic E-state index is 12.1. The molecule has 9 heteroatoms. The number of carbonyl (C=O) groups excluding carboxylic acids is 1. The fraction of sp³-hybridized carbons (Fsp3) is 0.125. The van der Waals surface area contributed by atoms with Crippen LogP contribution in [0.15, 0.2) is 47.6 Å². The van der Waals surface area contributed by atoms with Crippen molar-refractivity contribution in [1.82, 2.24) is 0 Å². The number of nitrogens with two attached hydrogens (primary N) is 1. The lowest BCUT2D eigenvalue weighted by Gasteiger charge is -2.06. The third kappa shape index (κ3) is 4.92. The highest BCUT2D eigenvalue weighted by Gasteiger charge is 2.15. The van der Waals surface area contributed by atoms with Crippen LogP contribution in [-0.2, 0) is 11.3 Å². The molecule has 0 aliphatic rings. The highest BCUT2D eigenvalue weighted by Crippen LogP contribution is 2.23. The first-order valence-corrected chi connectivity index (χ1v) is 7.39. The molecule has 0 unspecified atom stereocenters. The van der Waals surface area contributed by atoms with Gasteiger partial charge in [-0.15, -0.1) is 0 Å². The Morgan fingerprint density at radius 3 is 2.56 bits per heavy atom. The number of nitro groups is 1. The lowest BCUT2D eigenvalue weighted by atomic mass is 10.1. The first-order chi connectivity index (χ1) is 11.9. The van der Waals surface area contributed by atoms with Gasteiger partial charge in [0.15, 0.2) is 0 Å². The van der Waals surface area contributed by atoms with Gasteiger partial charge in [0.2, 0.25) is 0 Å². The van der Waals surface area contributed by atoms with Gasteiger partial charge in [0.1, 0.15) is 17.1 Å². The molecule has 0 heterocycles. The number of nitrogens with zero attached hydrogens (tertiary/aromatic N) is 2. The van der Waals surface area contributed by atoms with E-state index in [1.165, 1.54) is 31.4 Å². The van der Waals surface area contributed by atoms with Crippen LogP contribution in [0.5, 0.6) is 5.75 Å². The van der Waals surface area contributed by atoms with Crippen LogP contribution in [0, 0.1) is 10.1 Å². The highest BCUT2D eigenvalue weighted by atomic mass is 35.5. The van der Waals surface area contributed by atoms with Crippen molar-refractivity contribution in [3.05, 3.63) is 68.7 Å². The summed E-state index contributed by atoms with van der Waals surface area (Å²) in [5.74, 6) is -0.451. The summed E-state index contributed by atoms with van der Waals surface area (Å²) < 4.78 is 5.06. The summed E-state index contributed by atoms with van der Waals surface area (Å²) in [6.07, 6.45) is 0.165. The number of methoxy groups -OCH3 is 1. The Morgan fingerprint density at radius 1 is 1.28 bits per heavy atom. The average Bonchev–Trinajstić information content (AvgIpc) is 2.60. The van der Waals surface area contributed by atoms with Crippen LogP contribution in [0.2, 0.25) is 5.02 Å². The molecule has 0 amide bonds. The number of amidine groups is 1. The molecular weight excluding hydrogens is 350 g/mol. The largest absolute Gasteiger partial charge is 0.496 e. The molecule has 2 rings (SSSR count). The molecule has 8 nitrogen and oxygen atoms in total. The van der Waals surface area contributed by atoms with E-state index in [1.54, 1.807) is 18.2 Å². The molecule has 0 saturated heterocycles. The standard InChI is InChI=1S/C16H14ClN3O5/c1-24-14-7-4-11(17)9-13(14)16(21)25-19-15(18)8-10-2-5-12(6-3-10)20(22)23/h2-7,9H,8H2,1H3,(H2,18,19). The van der Waals surface area contributed by atoms with Gasteiger partial charge in [-0.25, -0.2) is 4.79 Å². The van der Waals surface area contributed by atoms with Crippen LogP contribution < -0.4 is 10.5 Å². The molecule has 0 aromatic heterocycles. The number of hydrogen-bond donors (Lipinski definition) is 1. The molecule has 25 heavy (non-hydrogen) atoms. The van der Waals surface area contributed by atoms with Crippen molar-refractivity contribution in [2.75, 3.05) is 7.11 Å². The minimum Gasteiger partial charge on any atom is -0.496 e. The van der Waals surface area contributed by atoms with Crippen LogP contribution in [0.25, 0.3) is 0 Å². The van der Waals surface area contributed by atoms with Crippen molar-refractivity contribution in [3.8, 4) is 5.75 Å². The average molecular weight is 364 g/mol. The first kappa shape index (κ1) is 18.2. The van der Waals surface area contributed by atoms with Gasteiger partial charge in [0, 0.05) is 23.6 Å². The van der Waals surface area contributed by atoms with E-state index in [9.17, 15) is 14.9 Å². The number of hydrogen-bond acceptors (Lipinski definition) is 6. The summed E-state index contributed by atoms with van der Waals surface area (Å²) in [6.45, 7) is 0. The van der Waals surface area contributed by atoms with Crippen molar-refractivity contribution in [1.29, 1.82) is 0 Å². The number of halogens is 1. The summed E-state index contributed by atoms with van der Waals surface area (Å²) in [5, 5.41) is 14.5. The lowest BCUT2D eigenvalue weighted by Crippen LogP contribution is -2.17. The molecule has 0 fully saturated rings. The molecule has 0 saturated carbocycles. The Balaban J connectivity index is 2.04. The van der Waals surface area contributed by atoms with Gasteiger partial charge in [-0.3, -0.25) is 10.1 Å². The molecule has 0 aliphatic carbocycles. The van der Waals surface area contributed by atoms with Gasteiger partial charge < -0.3 is 15.3 Å². The summed E-state index contributed by atoms with van der Waals surface area (Å²) in [5.41, 5.74) is 6.48. The van der Waals surface area contributed by atoms with Crippen molar-refractivity contribution in [3.63, 3.8) is 0 Å². The topological polar surface area (TPSA) is 117 Å². The number of rotatable bonds is 6. The molecule has 0 radical (unpaired) electrons. The number of non-ortho nitro benzene ring substituents is 1. The zero-order valence-electron chi connectivity index (χ0n) is 13.1. The maximum atomic E-state index is 12.1. The van der Waals surface area contributed by atoms with Gasteiger partial charge in [-0.2, -0.15) is 0 Å². The highest BCUT2D eigenvalue weighted by molar-refractivity contribution is 6.31. The second-order valence-electron chi connectivity index (χ2n) is 4.91. The van der Waals surface area contributed by atoms with Gasteiger partial charge in [0.05, 0.1) is 12.0 Å². The van der Waals surface area contributed by atoms with Gasteiger partial charge >= 0.3 is 5.97 Å². The normalized spacial score (nSPS) is 11.0. The quantitative estimate of drug-likeness (QED) is 0.277. The van der Waals surface area contributed by atoms with Crippen LogP contribution in [-0.4, -0.2) is 23.8 Å². The van der Waals surface area contributed by atoms with E-state index in [4.69, 9.17) is 26.9 Å². The van der Waals surface area contributed by atoms with Crippen molar-refractivity contribution in [2.24, 2.45) is 10.9 Å². The minimum absolute atomic E-state index is 0.0289. The zero-order chi connectivity index (χ0) is 18.4. The third-order valence-corrected chi connectivity index (χ3v) is 3.39. The van der Waals surface area contributed by atoms with Crippen LogP contribution in [0.1, 0.15) is 15.9 Å². The number of ether oxygens (including phenoxy) is 1. The fourth-order valence-corrected chi connectivity index (χ4v) is 2.14. The van der Waals surface area contributed by atoms with E-state index in [1.807, 2.05) is 0 Å². The summed E-state index contributed by atoms with van der Waals surface area (Å²) in [7, 11) is 1.41. The second-order valence-corrected chi connectivity index (χ2v) is 5.34. The van der Waals surface area contributed by atoms with Gasteiger partial charge in [-0.05, 0) is 23.8 Å². The molecule has 0 bridgehead atoms. The predicted molar refractivity (Wildman–Crippen MR) is 91.8 cm³/mol. The van der Waals surface area contributed by atoms with Crippen molar-refractivity contribution >= 4 is 29.1 Å². The molecular formula is C16H14ClN3O5. The van der Waals surface area contributed by atoms with E-state index in [2.05, 4.69) is 5.16 Å². The summed E-state index contributed by atoms with van der Waals surface area (Å²) in [6, 6.07) is 10.3. The van der Waals surface area contributed by atoms with Crippen molar-refractivity contribution < 1.29 is 19.3 Å². The predicted octanol–water partition coefficient (Wildman–Crippen LogP) is 2.93. The Kier molecular flexibility index (Phi) is 5.91. The molecule has 0 spiro atoms. The van der Waals surface area contributed by atoms with Gasteiger partial charge in [0.25, 0.3) is 5.69 Å². The van der Waals surface area contributed by atoms with Crippen LogP contribution >= 0.6 is 11.6 Å². The first-order valence-electron chi connectivity index (χ1n) is 7.01. The summed E-state index contributed by atoms with van der Waals surface area (Å²) in [4.78, 5) is 27.0. The molecule has 2 aromatic rings. The Morgan fingerprint density at radius 2 is 1.96 bits per heavy atom. The molecule has 0 atom stereocenters.